The molecule has 0 spiro atoms. The number of ether oxygens (including phenoxy) is 3. The Morgan fingerprint density at radius 2 is 1.72 bits per heavy atom. The lowest BCUT2D eigenvalue weighted by atomic mass is 10.1. The molecule has 0 bridgehead atoms. The van der Waals surface area contributed by atoms with Gasteiger partial charge in [-0.15, -0.1) is 0 Å². The lowest BCUT2D eigenvalue weighted by Gasteiger charge is -2.09. The van der Waals surface area contributed by atoms with Crippen LogP contribution in [0.3, 0.4) is 0 Å². The van der Waals surface area contributed by atoms with Crippen LogP contribution in [-0.2, 0) is 11.4 Å². The Morgan fingerprint density at radius 1 is 1.00 bits per heavy atom. The van der Waals surface area contributed by atoms with E-state index in [1.807, 2.05) is 67.6 Å². The third kappa shape index (κ3) is 6.46. The molecule has 0 saturated heterocycles. The number of aryl methyl sites for hydroxylation is 1. The molecule has 1 aromatic heterocycles. The average Bonchev–Trinajstić information content (AvgIpc) is 3.29. The normalized spacial score (nSPS) is 11.0. The number of methoxy groups -OCH3 is 1. The molecule has 0 aliphatic carbocycles. The highest BCUT2D eigenvalue weighted by Gasteiger charge is 2.15. The van der Waals surface area contributed by atoms with E-state index < -0.39 is 12.6 Å². The van der Waals surface area contributed by atoms with Crippen LogP contribution in [0, 0.1) is 6.92 Å². The van der Waals surface area contributed by atoms with Gasteiger partial charge in [0.25, 0.3) is 0 Å². The number of aliphatic carboxylic acids is 1. The Morgan fingerprint density at radius 3 is 2.39 bits per heavy atom. The Bertz CT molecular complexity index is 1360. The summed E-state index contributed by atoms with van der Waals surface area (Å²) in [6, 6.07) is 20.2. The number of aromatic nitrogens is 1. The van der Waals surface area contributed by atoms with Crippen molar-refractivity contribution in [3.63, 3.8) is 0 Å². The van der Waals surface area contributed by atoms with Crippen LogP contribution in [0.15, 0.2) is 71.1 Å². The molecule has 7 nitrogen and oxygen atoms in total. The molecule has 4 rings (SSSR count). The Hall–Kier alpha value is -4.23. The highest BCUT2D eigenvalue weighted by molar-refractivity contribution is 6.30. The van der Waals surface area contributed by atoms with Gasteiger partial charge < -0.3 is 23.7 Å². The fourth-order valence-electron chi connectivity index (χ4n) is 3.41. The molecular weight excluding hydrogens is 482 g/mol. The number of hydrogen-bond donors (Lipinski definition) is 1. The molecule has 8 heteroatoms. The van der Waals surface area contributed by atoms with E-state index >= 15 is 0 Å². The van der Waals surface area contributed by atoms with Gasteiger partial charge in [-0.05, 0) is 78.7 Å². The minimum absolute atomic E-state index is 0.104. The van der Waals surface area contributed by atoms with Crippen molar-refractivity contribution in [3.05, 3.63) is 94.5 Å². The number of benzene rings is 3. The molecule has 4 aromatic rings. The first kappa shape index (κ1) is 24.9. The summed E-state index contributed by atoms with van der Waals surface area (Å²) in [6.07, 6.45) is 3.78. The van der Waals surface area contributed by atoms with E-state index in [1.54, 1.807) is 25.3 Å². The van der Waals surface area contributed by atoms with Crippen molar-refractivity contribution in [2.45, 2.75) is 13.5 Å². The van der Waals surface area contributed by atoms with Crippen LogP contribution in [0.1, 0.15) is 22.8 Å². The maximum Gasteiger partial charge on any atom is 0.341 e. The molecule has 0 fully saturated rings. The third-order valence-electron chi connectivity index (χ3n) is 5.22. The zero-order valence-corrected chi connectivity index (χ0v) is 20.5. The van der Waals surface area contributed by atoms with Crippen LogP contribution in [0.2, 0.25) is 5.02 Å². The van der Waals surface area contributed by atoms with Gasteiger partial charge in [-0.3, -0.25) is 0 Å². The molecule has 0 saturated carbocycles. The molecule has 0 aliphatic heterocycles. The Labute approximate surface area is 213 Å². The van der Waals surface area contributed by atoms with E-state index in [-0.39, 0.29) is 6.61 Å². The van der Waals surface area contributed by atoms with Gasteiger partial charge in [-0.1, -0.05) is 29.8 Å². The summed E-state index contributed by atoms with van der Waals surface area (Å²) in [7, 11) is 1.62. The summed E-state index contributed by atoms with van der Waals surface area (Å²) < 4.78 is 22.4. The zero-order valence-electron chi connectivity index (χ0n) is 19.7. The summed E-state index contributed by atoms with van der Waals surface area (Å²) in [6.45, 7) is 1.52. The number of carbonyl (C=O) groups is 1. The Kier molecular flexibility index (Phi) is 7.92. The second-order valence-electron chi connectivity index (χ2n) is 7.83. The zero-order chi connectivity index (χ0) is 25.5. The summed E-state index contributed by atoms with van der Waals surface area (Å²) in [5, 5.41) is 9.46. The number of oxazole rings is 1. The first-order valence-electron chi connectivity index (χ1n) is 11.1. The van der Waals surface area contributed by atoms with Crippen molar-refractivity contribution < 1.29 is 28.5 Å². The Balaban J connectivity index is 1.55. The van der Waals surface area contributed by atoms with Crippen LogP contribution in [0.25, 0.3) is 23.4 Å². The first-order valence-corrected chi connectivity index (χ1v) is 11.4. The molecule has 36 heavy (non-hydrogen) atoms. The number of carboxylic acid groups (broad SMARTS) is 1. The van der Waals surface area contributed by atoms with Crippen LogP contribution in [0.5, 0.6) is 17.2 Å². The molecule has 3 aromatic carbocycles. The van der Waals surface area contributed by atoms with Crippen molar-refractivity contribution in [1.82, 2.24) is 4.98 Å². The van der Waals surface area contributed by atoms with E-state index in [9.17, 15) is 4.79 Å². The molecule has 0 aliphatic rings. The maximum atomic E-state index is 10.7. The number of halogens is 1. The fraction of sp³-hybridized carbons (Fsp3) is 0.143. The fourth-order valence-corrected chi connectivity index (χ4v) is 3.54. The highest BCUT2D eigenvalue weighted by Crippen LogP contribution is 2.29. The van der Waals surface area contributed by atoms with E-state index in [0.717, 1.165) is 22.4 Å². The SMILES string of the molecule is COc1ccc(-c2nc(COc3ccc(OCC(=O)O)c(C)c3)oc2C=Cc2ccc(Cl)cc2)cc1. The van der Waals surface area contributed by atoms with Crippen molar-refractivity contribution in [2.75, 3.05) is 13.7 Å². The highest BCUT2D eigenvalue weighted by atomic mass is 35.5. The van der Waals surface area contributed by atoms with E-state index in [4.69, 9.17) is 35.3 Å². The second-order valence-corrected chi connectivity index (χ2v) is 8.27. The largest absolute Gasteiger partial charge is 0.497 e. The topological polar surface area (TPSA) is 91.0 Å². The predicted octanol–water partition coefficient (Wildman–Crippen LogP) is 6.52. The van der Waals surface area contributed by atoms with Gasteiger partial charge in [0.2, 0.25) is 5.89 Å². The van der Waals surface area contributed by atoms with Crippen molar-refractivity contribution in [3.8, 4) is 28.5 Å². The molecule has 0 amide bonds. The van der Waals surface area contributed by atoms with Crippen molar-refractivity contribution >= 4 is 29.7 Å². The van der Waals surface area contributed by atoms with E-state index in [1.165, 1.54) is 0 Å². The molecule has 184 valence electrons. The van der Waals surface area contributed by atoms with Crippen LogP contribution >= 0.6 is 11.6 Å². The van der Waals surface area contributed by atoms with Crippen LogP contribution in [-0.4, -0.2) is 29.8 Å². The lowest BCUT2D eigenvalue weighted by Crippen LogP contribution is -2.10. The van der Waals surface area contributed by atoms with E-state index in [2.05, 4.69) is 4.98 Å². The van der Waals surface area contributed by atoms with Gasteiger partial charge >= 0.3 is 5.97 Å². The van der Waals surface area contributed by atoms with Gasteiger partial charge in [0.15, 0.2) is 19.0 Å². The standard InChI is InChI=1S/C28H24ClNO6/c1-18-15-23(12-14-24(18)35-17-27(31)32)34-16-26-30-28(20-6-10-22(33-2)11-7-20)25(36-26)13-5-19-3-8-21(29)9-4-19/h3-15H,16-17H2,1-2H3,(H,31,32). The predicted molar refractivity (Wildman–Crippen MR) is 138 cm³/mol. The van der Waals surface area contributed by atoms with Gasteiger partial charge in [-0.2, -0.15) is 0 Å². The minimum atomic E-state index is -1.03. The monoisotopic (exact) mass is 505 g/mol. The number of carboxylic acids is 1. The molecule has 1 N–H and O–H groups in total. The van der Waals surface area contributed by atoms with Gasteiger partial charge in [0.1, 0.15) is 22.9 Å². The smallest absolute Gasteiger partial charge is 0.341 e. The lowest BCUT2D eigenvalue weighted by molar-refractivity contribution is -0.139. The van der Waals surface area contributed by atoms with Gasteiger partial charge in [0.05, 0.1) is 7.11 Å². The first-order chi connectivity index (χ1) is 17.4. The molecule has 0 unspecified atom stereocenters. The average molecular weight is 506 g/mol. The summed E-state index contributed by atoms with van der Waals surface area (Å²) in [5.74, 6) is 1.76. The molecule has 0 atom stereocenters. The summed E-state index contributed by atoms with van der Waals surface area (Å²) in [5.41, 5.74) is 3.27. The van der Waals surface area contributed by atoms with E-state index in [0.29, 0.717) is 33.9 Å². The minimum Gasteiger partial charge on any atom is -0.497 e. The number of nitrogens with zero attached hydrogens (tertiary/aromatic N) is 1. The van der Waals surface area contributed by atoms with Gasteiger partial charge in [0, 0.05) is 10.6 Å². The summed E-state index contributed by atoms with van der Waals surface area (Å²) >= 11 is 5.99. The number of hydrogen-bond acceptors (Lipinski definition) is 6. The molecular formula is C28H24ClNO6. The van der Waals surface area contributed by atoms with Gasteiger partial charge in [-0.25, -0.2) is 9.78 Å². The third-order valence-corrected chi connectivity index (χ3v) is 5.47. The maximum absolute atomic E-state index is 10.7. The van der Waals surface area contributed by atoms with Crippen molar-refractivity contribution in [1.29, 1.82) is 0 Å². The molecule has 1 heterocycles. The summed E-state index contributed by atoms with van der Waals surface area (Å²) in [4.78, 5) is 15.4. The quantitative estimate of drug-likeness (QED) is 0.262. The molecule has 0 radical (unpaired) electrons. The number of rotatable bonds is 10. The van der Waals surface area contributed by atoms with Crippen LogP contribution < -0.4 is 14.2 Å². The second kappa shape index (κ2) is 11.5. The van der Waals surface area contributed by atoms with Crippen molar-refractivity contribution in [2.24, 2.45) is 0 Å². The van der Waals surface area contributed by atoms with Crippen LogP contribution in [0.4, 0.5) is 0 Å².